The summed E-state index contributed by atoms with van der Waals surface area (Å²) >= 11 is 0. The number of piperidine rings is 1. The molecule has 1 aromatic heterocycles. The Labute approximate surface area is 217 Å². The van der Waals surface area contributed by atoms with E-state index < -0.39 is 5.60 Å². The lowest BCUT2D eigenvalue weighted by Crippen LogP contribution is -2.48. The van der Waals surface area contributed by atoms with Gasteiger partial charge in [-0.05, 0) is 56.9 Å². The summed E-state index contributed by atoms with van der Waals surface area (Å²) in [5, 5.41) is 25.4. The Kier molecular flexibility index (Phi) is 7.23. The van der Waals surface area contributed by atoms with Crippen LogP contribution in [0.1, 0.15) is 53.9 Å². The molecule has 9 nitrogen and oxygen atoms in total. The van der Waals surface area contributed by atoms with E-state index in [1.165, 1.54) is 0 Å². The van der Waals surface area contributed by atoms with E-state index in [1.54, 1.807) is 31.0 Å². The maximum Gasteiger partial charge on any atom is 0.319 e. The molecule has 2 aromatic carbocycles. The van der Waals surface area contributed by atoms with Crippen LogP contribution in [0.15, 0.2) is 30.3 Å². The van der Waals surface area contributed by atoms with Gasteiger partial charge in [0.15, 0.2) is 0 Å². The standard InChI is InChI=1S/C28H34N6O3/c1-17-20(16-29)8-7-9-21(17)18(2)30-26-22-14-23(25(37-6)15-24(22)31-19(3)32-26)28(36)10-12-34(13-11-28)27(35)33(4)5/h7-9,14-15,18,36H,10-13H2,1-6H3,(H,30,31,32)/t18-/m1/s1. The summed E-state index contributed by atoms with van der Waals surface area (Å²) in [4.78, 5) is 25.0. The molecule has 37 heavy (non-hydrogen) atoms. The highest BCUT2D eigenvalue weighted by molar-refractivity contribution is 5.91. The summed E-state index contributed by atoms with van der Waals surface area (Å²) in [6, 6.07) is 11.5. The van der Waals surface area contributed by atoms with Gasteiger partial charge in [-0.25, -0.2) is 14.8 Å². The minimum Gasteiger partial charge on any atom is -0.496 e. The number of carbonyl (C=O) groups is 1. The minimum absolute atomic E-state index is 0.0624. The Balaban J connectivity index is 1.73. The number of likely N-dealkylation sites (tertiary alicyclic amines) is 1. The van der Waals surface area contributed by atoms with Crippen molar-refractivity contribution in [1.82, 2.24) is 19.8 Å². The Morgan fingerprint density at radius 1 is 1.24 bits per heavy atom. The van der Waals surface area contributed by atoms with E-state index in [4.69, 9.17) is 9.72 Å². The summed E-state index contributed by atoms with van der Waals surface area (Å²) in [6.45, 7) is 6.69. The van der Waals surface area contributed by atoms with Crippen molar-refractivity contribution in [3.8, 4) is 11.8 Å². The van der Waals surface area contributed by atoms with Crippen molar-refractivity contribution in [3.05, 3.63) is 58.4 Å². The van der Waals surface area contributed by atoms with Crippen LogP contribution in [-0.2, 0) is 5.60 Å². The molecule has 2 amide bonds. The molecular formula is C28H34N6O3. The molecule has 1 aliphatic heterocycles. The van der Waals surface area contributed by atoms with Gasteiger partial charge < -0.3 is 25.0 Å². The van der Waals surface area contributed by atoms with Gasteiger partial charge in [0.25, 0.3) is 0 Å². The SMILES string of the molecule is COc1cc2nc(C)nc(N[C@H](C)c3cccc(C#N)c3C)c2cc1C1(O)CCN(C(=O)N(C)C)CC1. The highest BCUT2D eigenvalue weighted by atomic mass is 16.5. The van der Waals surface area contributed by atoms with Gasteiger partial charge in [0.05, 0.1) is 35.9 Å². The van der Waals surface area contributed by atoms with Crippen molar-refractivity contribution < 1.29 is 14.6 Å². The second-order valence-corrected chi connectivity index (χ2v) is 9.88. The predicted molar refractivity (Wildman–Crippen MR) is 143 cm³/mol. The topological polar surface area (TPSA) is 115 Å². The zero-order valence-corrected chi connectivity index (χ0v) is 22.3. The van der Waals surface area contributed by atoms with Crippen LogP contribution < -0.4 is 10.1 Å². The third-order valence-corrected chi connectivity index (χ3v) is 7.19. The van der Waals surface area contributed by atoms with Gasteiger partial charge in [0.1, 0.15) is 17.4 Å². The molecule has 3 aromatic rings. The van der Waals surface area contributed by atoms with Gasteiger partial charge >= 0.3 is 6.03 Å². The predicted octanol–water partition coefficient (Wildman–Crippen LogP) is 4.27. The molecule has 194 valence electrons. The summed E-state index contributed by atoms with van der Waals surface area (Å²) < 4.78 is 5.70. The summed E-state index contributed by atoms with van der Waals surface area (Å²) in [5.74, 6) is 1.80. The Bertz CT molecular complexity index is 1370. The van der Waals surface area contributed by atoms with Gasteiger partial charge in [0, 0.05) is 44.2 Å². The molecule has 1 fully saturated rings. The number of nitrogens with one attached hydrogen (secondary N) is 1. The lowest BCUT2D eigenvalue weighted by atomic mass is 9.83. The number of anilines is 1. The summed E-state index contributed by atoms with van der Waals surface area (Å²) in [6.07, 6.45) is 0.779. The molecular weight excluding hydrogens is 468 g/mol. The molecule has 9 heteroatoms. The van der Waals surface area contributed by atoms with Crippen molar-refractivity contribution in [1.29, 1.82) is 5.26 Å². The fourth-order valence-electron chi connectivity index (χ4n) is 5.06. The molecule has 1 aliphatic rings. The third kappa shape index (κ3) is 5.02. The van der Waals surface area contributed by atoms with E-state index in [0.29, 0.717) is 60.0 Å². The van der Waals surface area contributed by atoms with Crippen LogP contribution in [0.3, 0.4) is 0 Å². The Hall–Kier alpha value is -3.90. The molecule has 0 unspecified atom stereocenters. The second kappa shape index (κ2) is 10.2. The number of fused-ring (bicyclic) bond motifs is 1. The number of ether oxygens (including phenoxy) is 1. The number of aromatic nitrogens is 2. The summed E-state index contributed by atoms with van der Waals surface area (Å²) in [7, 11) is 5.04. The van der Waals surface area contributed by atoms with Gasteiger partial charge in [-0.3, -0.25) is 0 Å². The molecule has 2 heterocycles. The number of nitrogens with zero attached hydrogens (tertiary/aromatic N) is 5. The van der Waals surface area contributed by atoms with Crippen molar-refractivity contribution in [2.45, 2.75) is 45.3 Å². The highest BCUT2D eigenvalue weighted by Crippen LogP contribution is 2.41. The number of hydrogen-bond donors (Lipinski definition) is 2. The van der Waals surface area contributed by atoms with E-state index in [2.05, 4.69) is 16.4 Å². The van der Waals surface area contributed by atoms with Crippen LogP contribution >= 0.6 is 0 Å². The van der Waals surface area contributed by atoms with Crippen LogP contribution in [0.2, 0.25) is 0 Å². The largest absolute Gasteiger partial charge is 0.496 e. The van der Waals surface area contributed by atoms with Gasteiger partial charge in [0.2, 0.25) is 0 Å². The maximum atomic E-state index is 12.4. The molecule has 2 N–H and O–H groups in total. The van der Waals surface area contributed by atoms with E-state index in [1.807, 2.05) is 51.1 Å². The number of amides is 2. The molecule has 0 saturated carbocycles. The van der Waals surface area contributed by atoms with Gasteiger partial charge in [-0.15, -0.1) is 0 Å². The van der Waals surface area contributed by atoms with E-state index in [0.717, 1.165) is 16.5 Å². The molecule has 0 spiro atoms. The van der Waals surface area contributed by atoms with Gasteiger partial charge in [-0.1, -0.05) is 12.1 Å². The second-order valence-electron chi connectivity index (χ2n) is 9.88. The minimum atomic E-state index is -1.16. The molecule has 4 rings (SSSR count). The van der Waals surface area contributed by atoms with Crippen molar-refractivity contribution in [3.63, 3.8) is 0 Å². The lowest BCUT2D eigenvalue weighted by Gasteiger charge is -2.39. The summed E-state index contributed by atoms with van der Waals surface area (Å²) in [5.41, 5.74) is 2.78. The third-order valence-electron chi connectivity index (χ3n) is 7.19. The fraction of sp³-hybridized carbons (Fsp3) is 0.429. The zero-order chi connectivity index (χ0) is 26.9. The fourth-order valence-corrected chi connectivity index (χ4v) is 5.06. The van der Waals surface area contributed by atoms with Crippen LogP contribution in [-0.4, -0.2) is 65.2 Å². The first-order valence-corrected chi connectivity index (χ1v) is 12.4. The van der Waals surface area contributed by atoms with E-state index in [9.17, 15) is 15.2 Å². The molecule has 0 radical (unpaired) electrons. The number of aliphatic hydroxyl groups is 1. The first-order valence-electron chi connectivity index (χ1n) is 12.4. The number of benzene rings is 2. The number of rotatable bonds is 5. The monoisotopic (exact) mass is 502 g/mol. The van der Waals surface area contributed by atoms with Crippen LogP contribution in [0.4, 0.5) is 10.6 Å². The quantitative estimate of drug-likeness (QED) is 0.536. The molecule has 0 bridgehead atoms. The number of hydrogen-bond acceptors (Lipinski definition) is 7. The highest BCUT2D eigenvalue weighted by Gasteiger charge is 2.38. The smallest absolute Gasteiger partial charge is 0.319 e. The van der Waals surface area contributed by atoms with Crippen LogP contribution in [0.5, 0.6) is 5.75 Å². The first-order chi connectivity index (χ1) is 17.6. The number of methoxy groups -OCH3 is 1. The van der Waals surface area contributed by atoms with Crippen molar-refractivity contribution in [2.24, 2.45) is 0 Å². The molecule has 0 aliphatic carbocycles. The number of carbonyl (C=O) groups excluding carboxylic acids is 1. The Morgan fingerprint density at radius 3 is 2.57 bits per heavy atom. The van der Waals surface area contributed by atoms with Crippen LogP contribution in [0.25, 0.3) is 10.9 Å². The average Bonchev–Trinajstić information content (AvgIpc) is 2.87. The normalized spacial score (nSPS) is 15.7. The zero-order valence-electron chi connectivity index (χ0n) is 22.3. The van der Waals surface area contributed by atoms with Crippen molar-refractivity contribution in [2.75, 3.05) is 39.6 Å². The van der Waals surface area contributed by atoms with Crippen LogP contribution in [0, 0.1) is 25.2 Å². The van der Waals surface area contributed by atoms with E-state index >= 15 is 0 Å². The number of aryl methyl sites for hydroxylation is 1. The van der Waals surface area contributed by atoms with Crippen molar-refractivity contribution >= 4 is 22.8 Å². The molecule has 1 saturated heterocycles. The first kappa shape index (κ1) is 26.2. The average molecular weight is 503 g/mol. The number of nitriles is 1. The molecule has 1 atom stereocenters. The van der Waals surface area contributed by atoms with Gasteiger partial charge in [-0.2, -0.15) is 5.26 Å². The number of urea groups is 1. The maximum absolute atomic E-state index is 12.4. The lowest BCUT2D eigenvalue weighted by molar-refractivity contribution is -0.0203. The van der Waals surface area contributed by atoms with E-state index in [-0.39, 0.29) is 12.1 Å². The Morgan fingerprint density at radius 2 is 1.95 bits per heavy atom.